The lowest BCUT2D eigenvalue weighted by Crippen LogP contribution is -2.40. The molecule has 1 fully saturated rings. The molecule has 1 N–H and O–H groups in total. The summed E-state index contributed by atoms with van der Waals surface area (Å²) in [6, 6.07) is 14.2. The maximum Gasteiger partial charge on any atom is 0.243 e. The summed E-state index contributed by atoms with van der Waals surface area (Å²) in [5.41, 5.74) is 4.27. The number of rotatable bonds is 9. The van der Waals surface area contributed by atoms with E-state index in [2.05, 4.69) is 10.5 Å². The van der Waals surface area contributed by atoms with Crippen molar-refractivity contribution in [3.8, 4) is 5.75 Å². The number of carbonyl (C=O) groups excluding carboxylic acids is 1. The quantitative estimate of drug-likeness (QED) is 0.461. The predicted octanol–water partition coefficient (Wildman–Crippen LogP) is 2.46. The van der Waals surface area contributed by atoms with Crippen molar-refractivity contribution in [3.05, 3.63) is 65.7 Å². The Bertz CT molecular complexity index is 1060. The second kappa shape index (κ2) is 11.6. The van der Waals surface area contributed by atoms with Crippen molar-refractivity contribution in [3.63, 3.8) is 0 Å². The minimum Gasteiger partial charge on any atom is -0.496 e. The number of nitrogens with zero attached hydrogens (tertiary/aromatic N) is 2. The molecule has 0 radical (unpaired) electrons. The zero-order chi connectivity index (χ0) is 22.8. The second-order valence-corrected chi connectivity index (χ2v) is 9.01. The SMILES string of the molecule is COc1ccccc1/C=C/C=N\NC(=O)CCc1ccc(S(=O)(=O)N2CCOCC2)cc1. The number of hydrogen-bond acceptors (Lipinski definition) is 6. The van der Waals surface area contributed by atoms with Gasteiger partial charge >= 0.3 is 0 Å². The van der Waals surface area contributed by atoms with Crippen LogP contribution in [0.4, 0.5) is 0 Å². The number of methoxy groups -OCH3 is 1. The average Bonchev–Trinajstić information content (AvgIpc) is 2.83. The molecule has 8 nitrogen and oxygen atoms in total. The first-order valence-electron chi connectivity index (χ1n) is 10.3. The molecule has 0 atom stereocenters. The fourth-order valence-corrected chi connectivity index (χ4v) is 4.59. The molecular formula is C23H27N3O5S. The Labute approximate surface area is 188 Å². The van der Waals surface area contributed by atoms with Gasteiger partial charge in [0.2, 0.25) is 15.9 Å². The van der Waals surface area contributed by atoms with Crippen molar-refractivity contribution in [1.29, 1.82) is 0 Å². The fourth-order valence-electron chi connectivity index (χ4n) is 3.18. The van der Waals surface area contributed by atoms with Crippen LogP contribution in [-0.4, -0.2) is 58.3 Å². The summed E-state index contributed by atoms with van der Waals surface area (Å²) in [7, 11) is -1.90. The number of ether oxygens (including phenoxy) is 2. The first-order valence-corrected chi connectivity index (χ1v) is 11.7. The maximum atomic E-state index is 12.6. The number of sulfonamides is 1. The van der Waals surface area contributed by atoms with Gasteiger partial charge < -0.3 is 9.47 Å². The third-order valence-corrected chi connectivity index (χ3v) is 6.85. The van der Waals surface area contributed by atoms with E-state index in [1.165, 1.54) is 10.5 Å². The van der Waals surface area contributed by atoms with E-state index in [0.717, 1.165) is 16.9 Å². The van der Waals surface area contributed by atoms with E-state index >= 15 is 0 Å². The molecule has 2 aromatic rings. The van der Waals surface area contributed by atoms with Crippen LogP contribution in [0, 0.1) is 0 Å². The molecule has 1 aliphatic rings. The molecule has 2 aromatic carbocycles. The van der Waals surface area contributed by atoms with Crippen LogP contribution in [0.3, 0.4) is 0 Å². The number of nitrogens with one attached hydrogen (secondary N) is 1. The number of hydrazone groups is 1. The molecule has 0 aliphatic carbocycles. The summed E-state index contributed by atoms with van der Waals surface area (Å²) < 4.78 is 37.2. The Hall–Kier alpha value is -3.01. The molecule has 0 saturated carbocycles. The van der Waals surface area contributed by atoms with Crippen molar-refractivity contribution in [1.82, 2.24) is 9.73 Å². The van der Waals surface area contributed by atoms with Crippen molar-refractivity contribution >= 4 is 28.2 Å². The number of allylic oxidation sites excluding steroid dienone is 1. The van der Waals surface area contributed by atoms with Gasteiger partial charge in [-0.15, -0.1) is 0 Å². The summed E-state index contributed by atoms with van der Waals surface area (Å²) in [5, 5.41) is 3.91. The van der Waals surface area contributed by atoms with Gasteiger partial charge in [-0.25, -0.2) is 13.8 Å². The molecule has 170 valence electrons. The number of hydrogen-bond donors (Lipinski definition) is 1. The lowest BCUT2D eigenvalue weighted by molar-refractivity contribution is -0.121. The van der Waals surface area contributed by atoms with Crippen molar-refractivity contribution in [2.75, 3.05) is 33.4 Å². The normalized spacial score (nSPS) is 15.3. The Balaban J connectivity index is 1.45. The lowest BCUT2D eigenvalue weighted by atomic mass is 10.1. The van der Waals surface area contributed by atoms with Gasteiger partial charge in [-0.05, 0) is 42.3 Å². The molecule has 1 amide bonds. The third kappa shape index (κ3) is 6.49. The van der Waals surface area contributed by atoms with E-state index in [9.17, 15) is 13.2 Å². The van der Waals surface area contributed by atoms with Gasteiger partial charge in [0, 0.05) is 31.3 Å². The van der Waals surface area contributed by atoms with Gasteiger partial charge in [-0.3, -0.25) is 4.79 Å². The minimum atomic E-state index is -3.51. The number of aryl methyl sites for hydroxylation is 1. The fraction of sp³-hybridized carbons (Fsp3) is 0.304. The predicted molar refractivity (Wildman–Crippen MR) is 123 cm³/mol. The largest absolute Gasteiger partial charge is 0.496 e. The molecule has 0 unspecified atom stereocenters. The van der Waals surface area contributed by atoms with Gasteiger partial charge in [0.25, 0.3) is 0 Å². The summed E-state index contributed by atoms with van der Waals surface area (Å²) >= 11 is 0. The summed E-state index contributed by atoms with van der Waals surface area (Å²) in [6.45, 7) is 1.54. The van der Waals surface area contributed by atoms with Crippen molar-refractivity contribution in [2.24, 2.45) is 5.10 Å². The maximum absolute atomic E-state index is 12.6. The van der Waals surface area contributed by atoms with E-state index < -0.39 is 10.0 Å². The number of carbonyl (C=O) groups is 1. The highest BCUT2D eigenvalue weighted by Crippen LogP contribution is 2.19. The molecule has 0 bridgehead atoms. The Morgan fingerprint density at radius 1 is 1.16 bits per heavy atom. The highest BCUT2D eigenvalue weighted by atomic mass is 32.2. The van der Waals surface area contributed by atoms with Crippen molar-refractivity contribution in [2.45, 2.75) is 17.7 Å². The molecule has 0 aromatic heterocycles. The molecule has 9 heteroatoms. The standard InChI is InChI=1S/C23H27N3O5S/c1-30-22-7-3-2-5-20(22)6-4-14-24-25-23(27)13-10-19-8-11-21(12-9-19)32(28,29)26-15-17-31-18-16-26/h2-9,11-12,14H,10,13,15-18H2,1H3,(H,25,27)/b6-4+,24-14-. The molecule has 1 saturated heterocycles. The number of benzene rings is 2. The van der Waals surface area contributed by atoms with E-state index in [1.807, 2.05) is 30.3 Å². The Morgan fingerprint density at radius 2 is 1.88 bits per heavy atom. The van der Waals surface area contributed by atoms with E-state index in [1.54, 1.807) is 37.5 Å². The molecule has 32 heavy (non-hydrogen) atoms. The van der Waals surface area contributed by atoms with Gasteiger partial charge in [-0.2, -0.15) is 9.41 Å². The average molecular weight is 458 g/mol. The molecule has 1 heterocycles. The molecule has 1 aliphatic heterocycles. The van der Waals surface area contributed by atoms with Crippen LogP contribution >= 0.6 is 0 Å². The Kier molecular flexibility index (Phi) is 8.55. The highest BCUT2D eigenvalue weighted by Gasteiger charge is 2.26. The zero-order valence-electron chi connectivity index (χ0n) is 17.9. The lowest BCUT2D eigenvalue weighted by Gasteiger charge is -2.26. The highest BCUT2D eigenvalue weighted by molar-refractivity contribution is 7.89. The van der Waals surface area contributed by atoms with E-state index in [0.29, 0.717) is 32.7 Å². The van der Waals surface area contributed by atoms with Gasteiger partial charge in [0.15, 0.2) is 0 Å². The topological polar surface area (TPSA) is 97.3 Å². The second-order valence-electron chi connectivity index (χ2n) is 7.07. The monoisotopic (exact) mass is 457 g/mol. The van der Waals surface area contributed by atoms with Crippen LogP contribution in [0.5, 0.6) is 5.75 Å². The van der Waals surface area contributed by atoms with Crippen LogP contribution in [0.25, 0.3) is 6.08 Å². The molecule has 0 spiro atoms. The number of amides is 1. The summed E-state index contributed by atoms with van der Waals surface area (Å²) in [5.74, 6) is 0.530. The van der Waals surface area contributed by atoms with Crippen LogP contribution in [0.1, 0.15) is 17.5 Å². The van der Waals surface area contributed by atoms with Crippen LogP contribution in [0.2, 0.25) is 0 Å². The summed E-state index contributed by atoms with van der Waals surface area (Å²) in [4.78, 5) is 12.2. The third-order valence-electron chi connectivity index (χ3n) is 4.94. The number of morpholine rings is 1. The zero-order valence-corrected chi connectivity index (χ0v) is 18.8. The first-order chi connectivity index (χ1) is 15.5. The van der Waals surface area contributed by atoms with Crippen molar-refractivity contribution < 1.29 is 22.7 Å². The number of para-hydroxylation sites is 1. The molecule has 3 rings (SSSR count). The smallest absolute Gasteiger partial charge is 0.243 e. The molecular weight excluding hydrogens is 430 g/mol. The van der Waals surface area contributed by atoms with Crippen LogP contribution in [-0.2, 0) is 26.0 Å². The van der Waals surface area contributed by atoms with Gasteiger partial charge in [-0.1, -0.05) is 30.3 Å². The Morgan fingerprint density at radius 3 is 2.59 bits per heavy atom. The van der Waals surface area contributed by atoms with E-state index in [-0.39, 0.29) is 17.2 Å². The van der Waals surface area contributed by atoms with Crippen LogP contribution < -0.4 is 10.2 Å². The van der Waals surface area contributed by atoms with E-state index in [4.69, 9.17) is 9.47 Å². The summed E-state index contributed by atoms with van der Waals surface area (Å²) in [6.07, 6.45) is 5.77. The van der Waals surface area contributed by atoms with Gasteiger partial charge in [0.05, 0.1) is 25.2 Å². The van der Waals surface area contributed by atoms with Gasteiger partial charge in [0.1, 0.15) is 5.75 Å². The van der Waals surface area contributed by atoms with Crippen LogP contribution in [0.15, 0.2) is 64.6 Å². The first kappa shape index (κ1) is 23.6. The minimum absolute atomic E-state index is 0.225.